The molecule has 1 amide bonds. The highest BCUT2D eigenvalue weighted by Gasteiger charge is 2.20. The third kappa shape index (κ3) is 5.77. The number of aromatic nitrogens is 1. The van der Waals surface area contributed by atoms with E-state index in [1.54, 1.807) is 30.5 Å². The Morgan fingerprint density at radius 3 is 3.00 bits per heavy atom. The molecule has 1 aliphatic rings. The number of anilines is 1. The summed E-state index contributed by atoms with van der Waals surface area (Å²) >= 11 is 0. The van der Waals surface area contributed by atoms with Gasteiger partial charge in [-0.05, 0) is 61.7 Å². The molecule has 6 nitrogen and oxygen atoms in total. The number of likely N-dealkylation sites (N-methyl/N-ethyl adjacent to an activating group) is 1. The first kappa shape index (κ1) is 20.8. The van der Waals surface area contributed by atoms with Crippen molar-refractivity contribution in [1.29, 1.82) is 0 Å². The van der Waals surface area contributed by atoms with Gasteiger partial charge in [0.25, 0.3) is 5.91 Å². The summed E-state index contributed by atoms with van der Waals surface area (Å²) in [6.45, 7) is 3.72. The van der Waals surface area contributed by atoms with Gasteiger partial charge in [-0.25, -0.2) is 9.37 Å². The first-order valence-electron chi connectivity index (χ1n) is 9.90. The molecule has 0 unspecified atom stereocenters. The Morgan fingerprint density at radius 2 is 2.17 bits per heavy atom. The number of halogens is 1. The minimum Gasteiger partial charge on any atom is -0.306 e. The number of pyridine rings is 1. The van der Waals surface area contributed by atoms with E-state index in [0.717, 1.165) is 43.4 Å². The molecule has 0 radical (unpaired) electrons. The Balaban J connectivity index is 1.69. The van der Waals surface area contributed by atoms with Crippen molar-refractivity contribution in [2.45, 2.75) is 39.2 Å². The van der Waals surface area contributed by atoms with Crippen LogP contribution in [0, 0.1) is 5.82 Å². The quantitative estimate of drug-likeness (QED) is 0.437. The van der Waals surface area contributed by atoms with Crippen LogP contribution in [0.2, 0.25) is 0 Å². The number of nitrogens with one attached hydrogen (secondary N) is 1. The molecule has 1 aromatic heterocycles. The van der Waals surface area contributed by atoms with Crippen molar-refractivity contribution in [3.05, 3.63) is 58.5 Å². The van der Waals surface area contributed by atoms with E-state index in [4.69, 9.17) is 0 Å². The number of benzene rings is 1. The van der Waals surface area contributed by atoms with E-state index < -0.39 is 11.7 Å². The lowest BCUT2D eigenvalue weighted by Gasteiger charge is -2.25. The van der Waals surface area contributed by atoms with Crippen LogP contribution in [0.15, 0.2) is 40.5 Å². The molecule has 0 atom stereocenters. The number of fused-ring (bicyclic) bond motifs is 1. The highest BCUT2D eigenvalue weighted by Crippen LogP contribution is 2.22. The average Bonchev–Trinajstić information content (AvgIpc) is 2.70. The van der Waals surface area contributed by atoms with Gasteiger partial charge < -0.3 is 10.2 Å². The molecule has 2 heterocycles. The summed E-state index contributed by atoms with van der Waals surface area (Å²) in [7, 11) is 2.01. The third-order valence-electron chi connectivity index (χ3n) is 4.77. The molecule has 1 aliphatic heterocycles. The molecule has 0 spiro atoms. The summed E-state index contributed by atoms with van der Waals surface area (Å²) in [6.07, 6.45) is 7.15. The van der Waals surface area contributed by atoms with Crippen LogP contribution in [0.1, 0.15) is 53.4 Å². The number of rotatable bonds is 7. The number of unbranched alkanes of at least 4 members (excludes halogenated alkanes) is 2. The Bertz CT molecular complexity index is 925. The van der Waals surface area contributed by atoms with Crippen molar-refractivity contribution in [3.8, 4) is 0 Å². The van der Waals surface area contributed by atoms with Crippen LogP contribution in [-0.4, -0.2) is 41.8 Å². The minimum atomic E-state index is -0.516. The molecule has 0 fully saturated rings. The van der Waals surface area contributed by atoms with Crippen molar-refractivity contribution < 1.29 is 9.18 Å². The predicted molar refractivity (Wildman–Crippen MR) is 114 cm³/mol. The first-order chi connectivity index (χ1) is 14.1. The molecule has 2 aromatic rings. The number of hydrogen-bond donors (Lipinski definition) is 1. The number of hydrogen-bond acceptors (Lipinski definition) is 5. The molecule has 0 aliphatic carbocycles. The molecule has 152 valence electrons. The van der Waals surface area contributed by atoms with Crippen LogP contribution in [0.4, 0.5) is 10.2 Å². The zero-order valence-electron chi connectivity index (χ0n) is 16.9. The second kappa shape index (κ2) is 10.0. The summed E-state index contributed by atoms with van der Waals surface area (Å²) in [5, 5.41) is 10.6. The zero-order valence-corrected chi connectivity index (χ0v) is 16.9. The Labute approximate surface area is 170 Å². The van der Waals surface area contributed by atoms with Gasteiger partial charge in [0.1, 0.15) is 11.6 Å². The van der Waals surface area contributed by atoms with E-state index in [0.29, 0.717) is 18.1 Å². The van der Waals surface area contributed by atoms with Crippen LogP contribution in [0.5, 0.6) is 0 Å². The van der Waals surface area contributed by atoms with Gasteiger partial charge in [0.05, 0.1) is 17.5 Å². The molecule has 3 rings (SSSR count). The lowest BCUT2D eigenvalue weighted by molar-refractivity contribution is 0.102. The normalized spacial score (nSPS) is 14.4. The number of carbonyl (C=O) groups excluding carboxylic acids is 1. The van der Waals surface area contributed by atoms with Crippen molar-refractivity contribution in [2.75, 3.05) is 18.9 Å². The third-order valence-corrected chi connectivity index (χ3v) is 4.77. The standard InChI is InChI=1S/C22H26FN5O/c1-3-4-5-10-24-25-14-18-7-6-8-21(26-18)27-22(29)19-12-17-15-28(2)11-9-16(17)13-20(19)23/h6-8,10,12-14H,3-5,9,11,15H2,1-2H3,(H,26,27,29)/b24-10+,25-14+. The van der Waals surface area contributed by atoms with Gasteiger partial charge in [-0.15, -0.1) is 0 Å². The van der Waals surface area contributed by atoms with E-state index in [9.17, 15) is 9.18 Å². The van der Waals surface area contributed by atoms with Crippen LogP contribution >= 0.6 is 0 Å². The lowest BCUT2D eigenvalue weighted by Crippen LogP contribution is -2.27. The molecule has 29 heavy (non-hydrogen) atoms. The maximum Gasteiger partial charge on any atom is 0.259 e. The Kier molecular flexibility index (Phi) is 7.19. The van der Waals surface area contributed by atoms with Gasteiger partial charge in [-0.2, -0.15) is 10.2 Å². The first-order valence-corrected chi connectivity index (χ1v) is 9.90. The molecule has 7 heteroatoms. The highest BCUT2D eigenvalue weighted by atomic mass is 19.1. The summed E-state index contributed by atoms with van der Waals surface area (Å²) in [4.78, 5) is 19.1. The van der Waals surface area contributed by atoms with E-state index in [-0.39, 0.29) is 5.56 Å². The van der Waals surface area contributed by atoms with Gasteiger partial charge in [0.2, 0.25) is 0 Å². The second-order valence-electron chi connectivity index (χ2n) is 7.18. The van der Waals surface area contributed by atoms with E-state index in [1.165, 1.54) is 12.3 Å². The minimum absolute atomic E-state index is 0.0282. The molecule has 1 N–H and O–H groups in total. The molecular weight excluding hydrogens is 369 g/mol. The predicted octanol–water partition coefficient (Wildman–Crippen LogP) is 4.06. The smallest absolute Gasteiger partial charge is 0.259 e. The summed E-state index contributed by atoms with van der Waals surface area (Å²) < 4.78 is 14.5. The summed E-state index contributed by atoms with van der Waals surface area (Å²) in [6, 6.07) is 8.29. The Morgan fingerprint density at radius 1 is 1.31 bits per heavy atom. The highest BCUT2D eigenvalue weighted by molar-refractivity contribution is 6.04. The van der Waals surface area contributed by atoms with Gasteiger partial charge in [0, 0.05) is 19.3 Å². The maximum atomic E-state index is 14.5. The van der Waals surface area contributed by atoms with Crippen LogP contribution in [0.3, 0.4) is 0 Å². The van der Waals surface area contributed by atoms with Crippen molar-refractivity contribution in [3.63, 3.8) is 0 Å². The van der Waals surface area contributed by atoms with Gasteiger partial charge in [-0.1, -0.05) is 19.4 Å². The number of carbonyl (C=O) groups is 1. The van der Waals surface area contributed by atoms with Crippen LogP contribution in [-0.2, 0) is 13.0 Å². The summed E-state index contributed by atoms with van der Waals surface area (Å²) in [5.74, 6) is -0.689. The van der Waals surface area contributed by atoms with Crippen LogP contribution in [0.25, 0.3) is 0 Å². The molecule has 1 aromatic carbocycles. The molecular formula is C22H26FN5O. The van der Waals surface area contributed by atoms with E-state index in [1.807, 2.05) is 7.05 Å². The fourth-order valence-electron chi connectivity index (χ4n) is 3.16. The lowest BCUT2D eigenvalue weighted by atomic mass is 9.97. The maximum absolute atomic E-state index is 14.5. The fourth-order valence-corrected chi connectivity index (χ4v) is 3.16. The monoisotopic (exact) mass is 395 g/mol. The largest absolute Gasteiger partial charge is 0.306 e. The molecule has 0 bridgehead atoms. The van der Waals surface area contributed by atoms with Crippen LogP contribution < -0.4 is 5.32 Å². The van der Waals surface area contributed by atoms with Gasteiger partial charge in [0.15, 0.2) is 0 Å². The van der Waals surface area contributed by atoms with Crippen molar-refractivity contribution >= 4 is 24.2 Å². The number of amides is 1. The van der Waals surface area contributed by atoms with E-state index >= 15 is 0 Å². The van der Waals surface area contributed by atoms with Gasteiger partial charge in [-0.3, -0.25) is 4.79 Å². The van der Waals surface area contributed by atoms with Gasteiger partial charge >= 0.3 is 0 Å². The second-order valence-corrected chi connectivity index (χ2v) is 7.18. The SMILES string of the molecule is CCCC/C=N/N=C/c1cccc(NC(=O)c2cc3c(cc2F)CCN(C)C3)n1. The van der Waals surface area contributed by atoms with E-state index in [2.05, 4.69) is 32.3 Å². The molecule has 0 saturated heterocycles. The average molecular weight is 395 g/mol. The Hall–Kier alpha value is -2.93. The number of nitrogens with zero attached hydrogens (tertiary/aromatic N) is 4. The van der Waals surface area contributed by atoms with Crippen molar-refractivity contribution in [2.24, 2.45) is 10.2 Å². The fraction of sp³-hybridized carbons (Fsp3) is 0.364. The molecule has 0 saturated carbocycles. The zero-order chi connectivity index (χ0) is 20.6. The topological polar surface area (TPSA) is 70.0 Å². The summed E-state index contributed by atoms with van der Waals surface area (Å²) in [5.41, 5.74) is 2.54. The van der Waals surface area contributed by atoms with Crippen molar-refractivity contribution in [1.82, 2.24) is 9.88 Å².